The fourth-order valence-electron chi connectivity index (χ4n) is 12.0. The molecule has 0 unspecified atom stereocenters. The second kappa shape index (κ2) is 6.80. The summed E-state index contributed by atoms with van der Waals surface area (Å²) in [5.74, 6) is 3.36. The van der Waals surface area contributed by atoms with Gasteiger partial charge < -0.3 is 14.9 Å². The lowest BCUT2D eigenvalue weighted by Gasteiger charge is -2.73. The van der Waals surface area contributed by atoms with E-state index in [9.17, 15) is 10.2 Å². The number of rotatable bonds is 2. The highest BCUT2D eigenvalue weighted by Crippen LogP contribution is 2.78. The normalized spacial score (nSPS) is 61.5. The zero-order valence-corrected chi connectivity index (χ0v) is 22.3. The van der Waals surface area contributed by atoms with E-state index in [0.717, 1.165) is 24.9 Å². The first-order valence-corrected chi connectivity index (χ1v) is 14.3. The lowest BCUT2D eigenvalue weighted by atomic mass is 9.32. The van der Waals surface area contributed by atoms with Gasteiger partial charge in [0.25, 0.3) is 0 Å². The van der Waals surface area contributed by atoms with Crippen molar-refractivity contribution in [1.29, 1.82) is 0 Å². The average molecular weight is 459 g/mol. The maximum Gasteiger partial charge on any atom is 0.0919 e. The van der Waals surface area contributed by atoms with Crippen LogP contribution in [0, 0.1) is 56.7 Å². The quantitative estimate of drug-likeness (QED) is 0.484. The molecule has 3 nitrogen and oxygen atoms in total. The Bertz CT molecular complexity index is 817. The Kier molecular flexibility index (Phi) is 4.80. The summed E-state index contributed by atoms with van der Waals surface area (Å²) in [6, 6.07) is 0. The molecule has 5 saturated carbocycles. The molecule has 0 aromatic rings. The highest BCUT2D eigenvalue weighted by molar-refractivity contribution is 5.21. The molecule has 33 heavy (non-hydrogen) atoms. The topological polar surface area (TPSA) is 53.0 Å². The summed E-state index contributed by atoms with van der Waals surface area (Å²) in [7, 11) is 0. The number of epoxide rings is 1. The fourth-order valence-corrected chi connectivity index (χ4v) is 12.0. The van der Waals surface area contributed by atoms with Crippen LogP contribution < -0.4 is 0 Å². The van der Waals surface area contributed by atoms with Gasteiger partial charge in [0.1, 0.15) is 0 Å². The van der Waals surface area contributed by atoms with Crippen molar-refractivity contribution in [3.8, 4) is 0 Å². The van der Waals surface area contributed by atoms with Gasteiger partial charge in [-0.05, 0) is 128 Å². The van der Waals surface area contributed by atoms with Gasteiger partial charge in [-0.15, -0.1) is 0 Å². The molecule has 0 spiro atoms. The summed E-state index contributed by atoms with van der Waals surface area (Å²) < 4.78 is 6.08. The van der Waals surface area contributed by atoms with E-state index in [1.54, 1.807) is 0 Å². The number of aliphatic hydroxyl groups excluding tert-OH is 2. The van der Waals surface area contributed by atoms with Gasteiger partial charge >= 0.3 is 0 Å². The van der Waals surface area contributed by atoms with E-state index in [1.165, 1.54) is 57.8 Å². The van der Waals surface area contributed by atoms with Crippen molar-refractivity contribution >= 4 is 0 Å². The molecule has 0 bridgehead atoms. The first-order valence-electron chi connectivity index (χ1n) is 14.3. The van der Waals surface area contributed by atoms with Crippen molar-refractivity contribution in [2.75, 3.05) is 13.2 Å². The zero-order chi connectivity index (χ0) is 23.7. The highest BCUT2D eigenvalue weighted by Gasteiger charge is 2.72. The highest BCUT2D eigenvalue weighted by atomic mass is 16.6. The molecule has 0 aromatic carbocycles. The van der Waals surface area contributed by atoms with E-state index in [1.807, 2.05) is 0 Å². The van der Waals surface area contributed by atoms with Crippen LogP contribution in [-0.4, -0.2) is 35.1 Å². The molecule has 3 heteroatoms. The molecule has 6 aliphatic rings. The summed E-state index contributed by atoms with van der Waals surface area (Å²) in [6.07, 6.45) is 12.2. The van der Waals surface area contributed by atoms with Crippen molar-refractivity contribution in [1.82, 2.24) is 0 Å². The van der Waals surface area contributed by atoms with E-state index in [2.05, 4.69) is 41.5 Å². The summed E-state index contributed by atoms with van der Waals surface area (Å²) in [6.45, 7) is 16.4. The standard InChI is InChI=1S/C30H50O3/c1-25(2)21-10-13-28(5)22(26(21,3)12-11-23(25)32)8-7-19-24-20(29(6)18-33-29)9-14-30(24,17-31)16-15-27(19,28)4/h19-24,31-32H,7-18H2,1-6H3/t19-,20+,21-,22+,23-,24-,26-,27+,28+,29-,30+/m0/s1. The first-order chi connectivity index (χ1) is 15.4. The van der Waals surface area contributed by atoms with Gasteiger partial charge in [0.2, 0.25) is 0 Å². The third-order valence-electron chi connectivity index (χ3n) is 14.3. The molecule has 6 rings (SSSR count). The van der Waals surface area contributed by atoms with Gasteiger partial charge in [-0.3, -0.25) is 0 Å². The fraction of sp³-hybridized carbons (Fsp3) is 1.00. The van der Waals surface area contributed by atoms with Gasteiger partial charge in [-0.1, -0.05) is 34.6 Å². The number of hydrogen-bond acceptors (Lipinski definition) is 3. The second-order valence-corrected chi connectivity index (χ2v) is 15.3. The molecular formula is C30H50O3. The lowest BCUT2D eigenvalue weighted by Crippen LogP contribution is -2.67. The van der Waals surface area contributed by atoms with Crippen LogP contribution in [0.25, 0.3) is 0 Å². The Labute approximate surface area is 202 Å². The van der Waals surface area contributed by atoms with Gasteiger partial charge in [0, 0.05) is 6.61 Å². The monoisotopic (exact) mass is 458 g/mol. The smallest absolute Gasteiger partial charge is 0.0919 e. The Balaban J connectivity index is 1.39. The number of fused-ring (bicyclic) bond motifs is 7. The predicted molar refractivity (Wildman–Crippen MR) is 132 cm³/mol. The molecular weight excluding hydrogens is 408 g/mol. The second-order valence-electron chi connectivity index (χ2n) is 15.3. The van der Waals surface area contributed by atoms with E-state index < -0.39 is 0 Å². The van der Waals surface area contributed by atoms with Crippen molar-refractivity contribution in [3.05, 3.63) is 0 Å². The van der Waals surface area contributed by atoms with Gasteiger partial charge in [-0.2, -0.15) is 0 Å². The zero-order valence-electron chi connectivity index (χ0n) is 22.3. The minimum Gasteiger partial charge on any atom is -0.396 e. The molecule has 5 aliphatic carbocycles. The van der Waals surface area contributed by atoms with Crippen LogP contribution >= 0.6 is 0 Å². The lowest BCUT2D eigenvalue weighted by molar-refractivity contribution is -0.251. The minimum atomic E-state index is -0.148. The molecule has 188 valence electrons. The number of ether oxygens (including phenoxy) is 1. The molecule has 0 amide bonds. The molecule has 0 radical (unpaired) electrons. The van der Waals surface area contributed by atoms with E-state index >= 15 is 0 Å². The van der Waals surface area contributed by atoms with Crippen molar-refractivity contribution in [3.63, 3.8) is 0 Å². The summed E-state index contributed by atoms with van der Waals surface area (Å²) >= 11 is 0. The summed E-state index contributed by atoms with van der Waals surface area (Å²) in [5.41, 5.74) is 1.30. The van der Waals surface area contributed by atoms with Gasteiger partial charge in [-0.25, -0.2) is 0 Å². The van der Waals surface area contributed by atoms with Crippen LogP contribution in [0.3, 0.4) is 0 Å². The SMILES string of the molecule is CC1(C)[C@@H](O)CC[C@]2(C)[C@H]3CC[C@H]4[C@H]5[C@H]([C@]6(C)CO6)CC[C@]5(CO)CC[C@@]4(C)[C@]3(C)CC[C@@H]12. The van der Waals surface area contributed by atoms with Crippen LogP contribution in [0.2, 0.25) is 0 Å². The molecule has 1 aliphatic heterocycles. The third-order valence-corrected chi connectivity index (χ3v) is 14.3. The van der Waals surface area contributed by atoms with Crippen molar-refractivity contribution in [2.24, 2.45) is 56.7 Å². The van der Waals surface area contributed by atoms with Crippen LogP contribution in [0.4, 0.5) is 0 Å². The largest absolute Gasteiger partial charge is 0.396 e. The van der Waals surface area contributed by atoms with E-state index in [-0.39, 0.29) is 22.5 Å². The van der Waals surface area contributed by atoms with Crippen LogP contribution in [0.5, 0.6) is 0 Å². The maximum atomic E-state index is 10.9. The average Bonchev–Trinajstić information content (AvgIpc) is 3.38. The van der Waals surface area contributed by atoms with Crippen LogP contribution in [-0.2, 0) is 4.74 Å². The molecule has 6 fully saturated rings. The Morgan fingerprint density at radius 3 is 2.12 bits per heavy atom. The van der Waals surface area contributed by atoms with Crippen molar-refractivity contribution in [2.45, 2.75) is 117 Å². The molecule has 1 heterocycles. The molecule has 0 aromatic heterocycles. The minimum absolute atomic E-state index is 0.0269. The molecule has 11 atom stereocenters. The van der Waals surface area contributed by atoms with E-state index in [0.29, 0.717) is 40.6 Å². The maximum absolute atomic E-state index is 10.9. The van der Waals surface area contributed by atoms with Gasteiger partial charge in [0.15, 0.2) is 0 Å². The molecule has 2 N–H and O–H groups in total. The predicted octanol–water partition coefficient (Wildman–Crippen LogP) is 6.21. The Hall–Kier alpha value is -0.120. The first kappa shape index (κ1) is 23.3. The molecule has 1 saturated heterocycles. The Morgan fingerprint density at radius 1 is 0.727 bits per heavy atom. The van der Waals surface area contributed by atoms with Crippen LogP contribution in [0.15, 0.2) is 0 Å². The van der Waals surface area contributed by atoms with Crippen LogP contribution in [0.1, 0.15) is 106 Å². The number of aliphatic hydroxyl groups is 2. The Morgan fingerprint density at radius 2 is 1.45 bits per heavy atom. The summed E-state index contributed by atoms with van der Waals surface area (Å²) in [5, 5.41) is 21.7. The third kappa shape index (κ3) is 2.69. The number of hydrogen-bond donors (Lipinski definition) is 2. The summed E-state index contributed by atoms with van der Waals surface area (Å²) in [4.78, 5) is 0. The van der Waals surface area contributed by atoms with E-state index in [4.69, 9.17) is 4.74 Å². The van der Waals surface area contributed by atoms with Crippen molar-refractivity contribution < 1.29 is 14.9 Å². The van der Waals surface area contributed by atoms with Gasteiger partial charge in [0.05, 0.1) is 18.3 Å².